The van der Waals surface area contributed by atoms with Crippen LogP contribution in [0.5, 0.6) is 5.75 Å². The number of carboxylic acid groups (broad SMARTS) is 1. The van der Waals surface area contributed by atoms with Gasteiger partial charge >= 0.3 is 5.97 Å². The molecule has 1 aromatic carbocycles. The molecule has 0 aromatic heterocycles. The zero-order valence-electron chi connectivity index (χ0n) is 13.3. The van der Waals surface area contributed by atoms with Crippen LogP contribution in [0.2, 0.25) is 0 Å². The molecule has 0 unspecified atom stereocenters. The number of carbonyl (C=O) groups is 2. The van der Waals surface area contributed by atoms with Crippen molar-refractivity contribution in [2.24, 2.45) is 17.3 Å². The molecule has 3 aliphatic carbocycles. The maximum atomic E-state index is 12.3. The standard InChI is InChI=1S/C19H22O4/c1-19-7-6-13-12(15(19)4-5-16(19)21)3-2-10-8-11(20)9-14(17(10)13)18(22)23/h8-9,12-13,15,20H,2-7H2,1H3,(H,22,23)/t12-,13+,15+,19+/m1/s1. The van der Waals surface area contributed by atoms with Gasteiger partial charge < -0.3 is 10.2 Å². The number of carboxylic acids is 1. The molecule has 0 bridgehead atoms. The third-order valence-electron chi connectivity index (χ3n) is 6.74. The lowest BCUT2D eigenvalue weighted by molar-refractivity contribution is -0.129. The van der Waals surface area contributed by atoms with Crippen molar-refractivity contribution in [1.29, 1.82) is 0 Å². The summed E-state index contributed by atoms with van der Waals surface area (Å²) in [5, 5.41) is 19.4. The molecule has 4 nitrogen and oxygen atoms in total. The van der Waals surface area contributed by atoms with Gasteiger partial charge in [0.25, 0.3) is 0 Å². The Hall–Kier alpha value is -1.84. The van der Waals surface area contributed by atoms with Gasteiger partial charge in [-0.05, 0) is 73.1 Å². The monoisotopic (exact) mass is 314 g/mol. The molecule has 0 amide bonds. The highest BCUT2D eigenvalue weighted by Gasteiger charge is 2.55. The van der Waals surface area contributed by atoms with Crippen molar-refractivity contribution in [3.63, 3.8) is 0 Å². The summed E-state index contributed by atoms with van der Waals surface area (Å²) >= 11 is 0. The van der Waals surface area contributed by atoms with Crippen molar-refractivity contribution >= 4 is 11.8 Å². The first-order valence-electron chi connectivity index (χ1n) is 8.54. The number of phenolic OH excluding ortho intramolecular Hbond substituents is 1. The van der Waals surface area contributed by atoms with Crippen molar-refractivity contribution < 1.29 is 19.8 Å². The minimum atomic E-state index is -0.964. The first-order valence-corrected chi connectivity index (χ1v) is 8.54. The fraction of sp³-hybridized carbons (Fsp3) is 0.579. The van der Waals surface area contributed by atoms with Gasteiger partial charge in [0.05, 0.1) is 5.56 Å². The molecule has 4 heteroatoms. The number of rotatable bonds is 1. The molecule has 2 fully saturated rings. The fourth-order valence-corrected chi connectivity index (χ4v) is 5.66. The van der Waals surface area contributed by atoms with Crippen LogP contribution >= 0.6 is 0 Å². The number of hydrogen-bond acceptors (Lipinski definition) is 3. The largest absolute Gasteiger partial charge is 0.508 e. The molecule has 0 radical (unpaired) electrons. The summed E-state index contributed by atoms with van der Waals surface area (Å²) in [7, 11) is 0. The third kappa shape index (κ3) is 1.97. The highest BCUT2D eigenvalue weighted by molar-refractivity contribution is 5.91. The van der Waals surface area contributed by atoms with Crippen LogP contribution in [-0.2, 0) is 11.2 Å². The molecular weight excluding hydrogens is 292 g/mol. The summed E-state index contributed by atoms with van der Waals surface area (Å²) in [5.41, 5.74) is 1.96. The number of aromatic carboxylic acids is 1. The highest BCUT2D eigenvalue weighted by Crippen LogP contribution is 2.60. The van der Waals surface area contributed by atoms with Crippen LogP contribution in [-0.4, -0.2) is 22.0 Å². The Morgan fingerprint density at radius 2 is 2.00 bits per heavy atom. The Morgan fingerprint density at radius 3 is 2.74 bits per heavy atom. The molecule has 0 saturated heterocycles. The van der Waals surface area contributed by atoms with E-state index in [9.17, 15) is 19.8 Å². The van der Waals surface area contributed by atoms with E-state index in [1.165, 1.54) is 6.07 Å². The van der Waals surface area contributed by atoms with E-state index in [-0.39, 0.29) is 22.6 Å². The second-order valence-corrected chi connectivity index (χ2v) is 7.70. The topological polar surface area (TPSA) is 74.6 Å². The van der Waals surface area contributed by atoms with E-state index < -0.39 is 5.97 Å². The number of fused-ring (bicyclic) bond motifs is 5. The van der Waals surface area contributed by atoms with E-state index in [4.69, 9.17) is 0 Å². The molecule has 4 atom stereocenters. The maximum Gasteiger partial charge on any atom is 0.336 e. The van der Waals surface area contributed by atoms with Crippen molar-refractivity contribution in [1.82, 2.24) is 0 Å². The summed E-state index contributed by atoms with van der Waals surface area (Å²) in [6.07, 6.45) is 5.16. The first-order chi connectivity index (χ1) is 10.9. The van der Waals surface area contributed by atoms with Gasteiger partial charge in [-0.25, -0.2) is 4.79 Å². The minimum Gasteiger partial charge on any atom is -0.508 e. The van der Waals surface area contributed by atoms with Gasteiger partial charge in [-0.3, -0.25) is 4.79 Å². The van der Waals surface area contributed by atoms with Gasteiger partial charge in [0.1, 0.15) is 11.5 Å². The van der Waals surface area contributed by atoms with Gasteiger partial charge in [-0.15, -0.1) is 0 Å². The lowest BCUT2D eigenvalue weighted by Gasteiger charge is -2.48. The number of carbonyl (C=O) groups excluding carboxylic acids is 1. The van der Waals surface area contributed by atoms with Gasteiger partial charge in [-0.1, -0.05) is 6.92 Å². The molecule has 2 N–H and O–H groups in total. The van der Waals surface area contributed by atoms with E-state index in [0.717, 1.165) is 43.2 Å². The molecule has 4 rings (SSSR count). The number of hydrogen-bond donors (Lipinski definition) is 2. The summed E-state index contributed by atoms with van der Waals surface area (Å²) < 4.78 is 0. The average molecular weight is 314 g/mol. The fourth-order valence-electron chi connectivity index (χ4n) is 5.66. The van der Waals surface area contributed by atoms with Crippen LogP contribution in [0, 0.1) is 17.3 Å². The Kier molecular flexibility index (Phi) is 3.09. The Bertz CT molecular complexity index is 708. The zero-order valence-corrected chi connectivity index (χ0v) is 13.3. The normalized spacial score (nSPS) is 35.3. The summed E-state index contributed by atoms with van der Waals surface area (Å²) in [4.78, 5) is 24.0. The van der Waals surface area contributed by atoms with E-state index in [1.54, 1.807) is 6.07 Å². The van der Waals surface area contributed by atoms with Crippen LogP contribution in [0.25, 0.3) is 0 Å². The van der Waals surface area contributed by atoms with Crippen LogP contribution in [0.3, 0.4) is 0 Å². The molecule has 2 saturated carbocycles. The first kappa shape index (κ1) is 14.7. The second-order valence-electron chi connectivity index (χ2n) is 7.70. The SMILES string of the molecule is C[C@]12CC[C@@H]3c4c(cc(O)cc4C(=O)O)CC[C@H]3[C@@H]1CCC2=O. The Balaban J connectivity index is 1.81. The molecule has 23 heavy (non-hydrogen) atoms. The van der Waals surface area contributed by atoms with Crippen LogP contribution in [0.4, 0.5) is 0 Å². The number of aryl methyl sites for hydroxylation is 1. The second kappa shape index (κ2) is 4.83. The van der Waals surface area contributed by atoms with E-state index in [1.807, 2.05) is 0 Å². The van der Waals surface area contributed by atoms with Gasteiger partial charge in [0.15, 0.2) is 0 Å². The minimum absolute atomic E-state index is 0.0382. The molecule has 1 aromatic rings. The third-order valence-corrected chi connectivity index (χ3v) is 6.74. The molecule has 0 heterocycles. The molecule has 0 spiro atoms. The van der Waals surface area contributed by atoms with E-state index in [2.05, 4.69) is 6.92 Å². The summed E-state index contributed by atoms with van der Waals surface area (Å²) in [6.45, 7) is 2.12. The number of aromatic hydroxyl groups is 1. The molecule has 3 aliphatic rings. The van der Waals surface area contributed by atoms with Crippen molar-refractivity contribution in [3.05, 3.63) is 28.8 Å². The maximum absolute atomic E-state index is 12.3. The number of Topliss-reactive ketones (excluding diaryl/α,β-unsaturated/α-hetero) is 1. The van der Waals surface area contributed by atoms with E-state index in [0.29, 0.717) is 24.0 Å². The Morgan fingerprint density at radius 1 is 1.22 bits per heavy atom. The van der Waals surface area contributed by atoms with Crippen molar-refractivity contribution in [2.45, 2.75) is 51.4 Å². The molecule has 0 aliphatic heterocycles. The number of benzene rings is 1. The molecule has 122 valence electrons. The van der Waals surface area contributed by atoms with Crippen molar-refractivity contribution in [3.8, 4) is 5.75 Å². The number of ketones is 1. The lowest BCUT2D eigenvalue weighted by atomic mass is 9.55. The smallest absolute Gasteiger partial charge is 0.336 e. The highest BCUT2D eigenvalue weighted by atomic mass is 16.4. The lowest BCUT2D eigenvalue weighted by Crippen LogP contribution is -2.42. The summed E-state index contributed by atoms with van der Waals surface area (Å²) in [5.74, 6) is 0.475. The van der Waals surface area contributed by atoms with Gasteiger partial charge in [0.2, 0.25) is 0 Å². The molecular formula is C19H22O4. The van der Waals surface area contributed by atoms with Crippen LogP contribution < -0.4 is 0 Å². The predicted molar refractivity (Wildman–Crippen MR) is 84.7 cm³/mol. The predicted octanol–water partition coefficient (Wildman–Crippen LogP) is 3.52. The van der Waals surface area contributed by atoms with Crippen LogP contribution in [0.15, 0.2) is 12.1 Å². The van der Waals surface area contributed by atoms with E-state index >= 15 is 0 Å². The van der Waals surface area contributed by atoms with Crippen molar-refractivity contribution in [2.75, 3.05) is 0 Å². The van der Waals surface area contributed by atoms with Crippen LogP contribution in [0.1, 0.15) is 66.4 Å². The van der Waals surface area contributed by atoms with Gasteiger partial charge in [-0.2, -0.15) is 0 Å². The quantitative estimate of drug-likeness (QED) is 0.831. The Labute approximate surface area is 135 Å². The zero-order chi connectivity index (χ0) is 16.4. The average Bonchev–Trinajstić information content (AvgIpc) is 2.81. The summed E-state index contributed by atoms with van der Waals surface area (Å²) in [6, 6.07) is 3.11. The van der Waals surface area contributed by atoms with Gasteiger partial charge in [0, 0.05) is 11.8 Å². The number of phenols is 1.